The molecular weight excluding hydrogens is 520 g/mol. The molecule has 2 aliphatic heterocycles. The Hall–Kier alpha value is -1.86. The summed E-state index contributed by atoms with van der Waals surface area (Å²) in [6, 6.07) is 0. The molecule has 2 heterocycles. The predicted molar refractivity (Wildman–Crippen MR) is 156 cm³/mol. The highest BCUT2D eigenvalue weighted by atomic mass is 19.3. The van der Waals surface area contributed by atoms with Crippen molar-refractivity contribution in [3.05, 3.63) is 23.5 Å². The van der Waals surface area contributed by atoms with Crippen LogP contribution in [0, 0.1) is 10.8 Å². The minimum Gasteiger partial charge on any atom is -0.372 e. The maximum absolute atomic E-state index is 16.6. The van der Waals surface area contributed by atoms with Crippen LogP contribution in [0.15, 0.2) is 23.5 Å². The van der Waals surface area contributed by atoms with Gasteiger partial charge in [0, 0.05) is 47.7 Å². The van der Waals surface area contributed by atoms with Gasteiger partial charge in [0.2, 0.25) is 11.5 Å². The average molecular weight is 575 g/mol. The first-order chi connectivity index (χ1) is 18.0. The molecule has 0 N–H and O–H groups in total. The number of rotatable bonds is 9. The van der Waals surface area contributed by atoms with Crippen LogP contribution in [-0.2, 0) is 9.59 Å². The number of carbonyl (C=O) groups is 2. The highest BCUT2D eigenvalue weighted by molar-refractivity contribution is 6.05. The molecule has 0 radical (unpaired) electrons. The third-order valence-corrected chi connectivity index (χ3v) is 8.23. The highest BCUT2D eigenvalue weighted by Crippen LogP contribution is 2.48. The Morgan fingerprint density at radius 1 is 0.800 bits per heavy atom. The lowest BCUT2D eigenvalue weighted by Gasteiger charge is -2.45. The normalized spacial score (nSPS) is 21.0. The van der Waals surface area contributed by atoms with Gasteiger partial charge in [0.05, 0.1) is 13.1 Å². The van der Waals surface area contributed by atoms with Gasteiger partial charge in [-0.05, 0) is 78.1 Å². The van der Waals surface area contributed by atoms with Crippen molar-refractivity contribution >= 4 is 11.6 Å². The highest BCUT2D eigenvalue weighted by Gasteiger charge is 2.62. The van der Waals surface area contributed by atoms with E-state index in [1.807, 2.05) is 79.0 Å². The quantitative estimate of drug-likeness (QED) is 0.259. The van der Waals surface area contributed by atoms with Crippen molar-refractivity contribution in [1.82, 2.24) is 9.80 Å². The lowest BCUT2D eigenvalue weighted by atomic mass is 9.70. The molecule has 0 spiro atoms. The van der Waals surface area contributed by atoms with E-state index in [0.717, 1.165) is 0 Å². The third kappa shape index (κ3) is 7.90. The fourth-order valence-electron chi connectivity index (χ4n) is 5.16. The fourth-order valence-corrected chi connectivity index (χ4v) is 5.16. The Kier molecular flexibility index (Phi) is 11.4. The number of ketones is 2. The van der Waals surface area contributed by atoms with Crippen LogP contribution >= 0.6 is 0 Å². The zero-order valence-electron chi connectivity index (χ0n) is 27.0. The zero-order valence-corrected chi connectivity index (χ0v) is 27.0. The molecule has 232 valence electrons. The zero-order chi connectivity index (χ0) is 31.5. The van der Waals surface area contributed by atoms with Gasteiger partial charge >= 0.3 is 0 Å². The Bertz CT molecular complexity index is 970. The van der Waals surface area contributed by atoms with E-state index in [4.69, 9.17) is 0 Å². The molecule has 0 bridgehead atoms. The van der Waals surface area contributed by atoms with Crippen molar-refractivity contribution in [2.45, 2.75) is 138 Å². The second-order valence-corrected chi connectivity index (χ2v) is 14.3. The van der Waals surface area contributed by atoms with E-state index in [2.05, 4.69) is 0 Å². The average Bonchev–Trinajstić information content (AvgIpc) is 2.80. The van der Waals surface area contributed by atoms with Crippen LogP contribution in [0.2, 0.25) is 0 Å². The van der Waals surface area contributed by atoms with Gasteiger partial charge < -0.3 is 9.80 Å². The predicted octanol–water partition coefficient (Wildman–Crippen LogP) is 8.46. The molecule has 0 aromatic rings. The summed E-state index contributed by atoms with van der Waals surface area (Å²) in [7, 11) is 0. The summed E-state index contributed by atoms with van der Waals surface area (Å²) in [4.78, 5) is 30.9. The van der Waals surface area contributed by atoms with E-state index >= 15 is 13.2 Å². The van der Waals surface area contributed by atoms with Crippen LogP contribution in [-0.4, -0.2) is 63.8 Å². The van der Waals surface area contributed by atoms with Crippen LogP contribution in [0.3, 0.4) is 0 Å². The van der Waals surface area contributed by atoms with Gasteiger partial charge in [-0.1, -0.05) is 41.5 Å². The van der Waals surface area contributed by atoms with Crippen molar-refractivity contribution in [2.24, 2.45) is 10.8 Å². The number of nitrogens with zero attached hydrogens (tertiary/aromatic N) is 2. The van der Waals surface area contributed by atoms with Crippen molar-refractivity contribution in [3.8, 4) is 0 Å². The Labute approximate surface area is 240 Å². The summed E-state index contributed by atoms with van der Waals surface area (Å²) < 4.78 is 61.7. The summed E-state index contributed by atoms with van der Waals surface area (Å²) in [5, 5.41) is 0. The minimum atomic E-state index is -4.32. The smallest absolute Gasteiger partial charge is 0.296 e. The van der Waals surface area contributed by atoms with Crippen molar-refractivity contribution in [2.75, 3.05) is 19.8 Å². The molecule has 0 fully saturated rings. The second-order valence-electron chi connectivity index (χ2n) is 14.3. The van der Waals surface area contributed by atoms with E-state index < -0.39 is 65.5 Å². The summed E-state index contributed by atoms with van der Waals surface area (Å²) in [5.41, 5.74) is -5.84. The summed E-state index contributed by atoms with van der Waals surface area (Å²) in [6.07, 6.45) is 1.14. The van der Waals surface area contributed by atoms with Crippen LogP contribution in [0.1, 0.15) is 115 Å². The second kappa shape index (κ2) is 12.6. The molecule has 40 heavy (non-hydrogen) atoms. The first-order valence-electron chi connectivity index (χ1n) is 14.7. The number of hydrogen-bond acceptors (Lipinski definition) is 4. The van der Waals surface area contributed by atoms with Crippen molar-refractivity contribution in [1.29, 1.82) is 0 Å². The van der Waals surface area contributed by atoms with Crippen LogP contribution in [0.4, 0.5) is 17.6 Å². The summed E-state index contributed by atoms with van der Waals surface area (Å²) in [5.74, 6) is -6.56. The molecule has 0 aromatic carbocycles. The van der Waals surface area contributed by atoms with Gasteiger partial charge in [0.1, 0.15) is 0 Å². The third-order valence-electron chi connectivity index (χ3n) is 8.23. The van der Waals surface area contributed by atoms with E-state index in [-0.39, 0.29) is 16.7 Å². The minimum absolute atomic E-state index is 0.0525. The first-order valence-corrected chi connectivity index (χ1v) is 14.7. The van der Waals surface area contributed by atoms with Gasteiger partial charge in [-0.2, -0.15) is 0 Å². The van der Waals surface area contributed by atoms with Gasteiger partial charge in [-0.25, -0.2) is 13.2 Å². The number of alkyl halides is 4. The lowest BCUT2D eigenvalue weighted by Crippen LogP contribution is -2.55. The van der Waals surface area contributed by atoms with Gasteiger partial charge in [0.25, 0.3) is 5.92 Å². The molecule has 1 atom stereocenters. The van der Waals surface area contributed by atoms with Crippen molar-refractivity contribution in [3.63, 3.8) is 0 Å². The molecule has 2 aliphatic rings. The largest absolute Gasteiger partial charge is 0.372 e. The molecule has 1 unspecified atom stereocenters. The standard InChI is InChI=1S/C30H48F4N2O2.C2H6/c1-25(2,3)35-16-13-27(7,8)21(19-35)23(37)18-30(33,34)29(32,12-11-15-31)24(38)22-20-36(26(4,5)6)17-14-28(22,9)10;1-2/h19-20H,11-18H2,1-10H3;1-2H3. The summed E-state index contributed by atoms with van der Waals surface area (Å²) >= 11 is 0. The maximum Gasteiger partial charge on any atom is 0.296 e. The molecule has 4 nitrogen and oxygen atoms in total. The van der Waals surface area contributed by atoms with Crippen LogP contribution in [0.25, 0.3) is 0 Å². The van der Waals surface area contributed by atoms with Crippen LogP contribution in [0.5, 0.6) is 0 Å². The number of carbonyl (C=O) groups excluding carboxylic acids is 2. The molecular formula is C32H54F4N2O2. The van der Waals surface area contributed by atoms with Gasteiger partial charge in [-0.3, -0.25) is 14.0 Å². The number of halogens is 4. The molecule has 0 aromatic heterocycles. The SMILES string of the molecule is CC.CC1(C)CCN(C(C)(C)C)C=C1C(=O)CC(F)(F)C(F)(CCCF)C(=O)C1=CN(C(C)(C)C)CCC1(C)C. The summed E-state index contributed by atoms with van der Waals surface area (Å²) in [6.45, 7) is 22.9. The monoisotopic (exact) mass is 574 g/mol. The number of Topliss-reactive ketones (excluding diaryl/α,β-unsaturated/α-hetero) is 2. The van der Waals surface area contributed by atoms with Gasteiger partial charge in [0.15, 0.2) is 5.78 Å². The van der Waals surface area contributed by atoms with E-state index in [1.165, 1.54) is 6.20 Å². The molecule has 2 rings (SSSR count). The lowest BCUT2D eigenvalue weighted by molar-refractivity contribution is -0.170. The molecule has 8 heteroatoms. The molecule has 0 aliphatic carbocycles. The van der Waals surface area contributed by atoms with Crippen LogP contribution < -0.4 is 0 Å². The molecule has 0 saturated heterocycles. The Morgan fingerprint density at radius 2 is 1.20 bits per heavy atom. The molecule has 0 saturated carbocycles. The molecule has 0 amide bonds. The van der Waals surface area contributed by atoms with E-state index in [0.29, 0.717) is 25.9 Å². The first kappa shape index (κ1) is 36.2. The van der Waals surface area contributed by atoms with Crippen molar-refractivity contribution < 1.29 is 27.2 Å². The van der Waals surface area contributed by atoms with Gasteiger partial charge in [-0.15, -0.1) is 0 Å². The Balaban J connectivity index is 0.00000391. The fraction of sp³-hybridized carbons (Fsp3) is 0.812. The topological polar surface area (TPSA) is 40.6 Å². The number of hydrogen-bond donors (Lipinski definition) is 0. The van der Waals surface area contributed by atoms with E-state index in [1.54, 1.807) is 20.0 Å². The number of allylic oxidation sites excluding steroid dienone is 2. The maximum atomic E-state index is 16.6. The van der Waals surface area contributed by atoms with E-state index in [9.17, 15) is 14.0 Å². The Morgan fingerprint density at radius 3 is 1.60 bits per heavy atom.